The maximum Gasteiger partial charge on any atom is 0.490 e. The van der Waals surface area contributed by atoms with Crippen molar-refractivity contribution in [1.82, 2.24) is 19.8 Å². The van der Waals surface area contributed by atoms with Gasteiger partial charge in [-0.05, 0) is 106 Å². The molecule has 58 heavy (non-hydrogen) atoms. The quantitative estimate of drug-likeness (QED) is 0.170. The number of aliphatic carboxylic acids is 3. The standard InChI is InChI=1S/C29H37F3N4O.3C2HF3O2/c1-18(2)17-35-10-8-23(9-11-35)36-12-6-20(7-13-36)22-14-19(3)27-25(16-22)33-28(34-27)21-4-5-26(24(30)15-21)37-29(31)32;3*3-2(4,5)1(6)7/h4-5,14-16,18,20,23,29H,6-13,17H2,1-3H3,(H,33,34);3*(H,6,7). The van der Waals surface area contributed by atoms with E-state index < -0.39 is 54.6 Å². The van der Waals surface area contributed by atoms with Gasteiger partial charge in [0.2, 0.25) is 0 Å². The number of nitrogens with one attached hydrogen (secondary N) is 1. The summed E-state index contributed by atoms with van der Waals surface area (Å²) in [4.78, 5) is 40.0. The number of piperidine rings is 2. The summed E-state index contributed by atoms with van der Waals surface area (Å²) in [6.07, 6.45) is -10.4. The predicted molar refractivity (Wildman–Crippen MR) is 182 cm³/mol. The topological polar surface area (TPSA) is 156 Å². The van der Waals surface area contributed by atoms with Crippen LogP contribution >= 0.6 is 0 Å². The van der Waals surface area contributed by atoms with Crippen molar-refractivity contribution in [3.05, 3.63) is 47.3 Å². The molecule has 1 aromatic heterocycles. The van der Waals surface area contributed by atoms with Crippen molar-refractivity contribution >= 4 is 28.9 Å². The largest absolute Gasteiger partial charge is 0.490 e. The molecule has 2 saturated heterocycles. The predicted octanol–water partition coefficient (Wildman–Crippen LogP) is 8.48. The first-order valence-electron chi connectivity index (χ1n) is 17.2. The molecule has 5 rings (SSSR count). The van der Waals surface area contributed by atoms with E-state index in [4.69, 9.17) is 29.7 Å². The molecular weight excluding hydrogens is 816 g/mol. The normalized spacial score (nSPS) is 16.2. The lowest BCUT2D eigenvalue weighted by atomic mass is 9.87. The van der Waals surface area contributed by atoms with Gasteiger partial charge in [0.15, 0.2) is 11.6 Å². The molecule has 0 saturated carbocycles. The van der Waals surface area contributed by atoms with Crippen LogP contribution in [0.2, 0.25) is 0 Å². The number of nitrogens with zero attached hydrogens (tertiary/aromatic N) is 3. The van der Waals surface area contributed by atoms with E-state index in [9.17, 15) is 52.7 Å². The fourth-order valence-corrected chi connectivity index (χ4v) is 6.11. The number of ether oxygens (including phenoxy) is 1. The minimum absolute atomic E-state index is 0.471. The third-order valence-corrected chi connectivity index (χ3v) is 8.65. The second-order valence-electron chi connectivity index (χ2n) is 13.5. The van der Waals surface area contributed by atoms with Crippen LogP contribution in [0.15, 0.2) is 30.3 Å². The lowest BCUT2D eigenvalue weighted by molar-refractivity contribution is -0.193. The molecular formula is C35H40F12N4O7. The number of aryl methyl sites for hydroxylation is 1. The summed E-state index contributed by atoms with van der Waals surface area (Å²) < 4.78 is 139. The number of alkyl halides is 11. The number of H-pyrrole nitrogens is 1. The molecule has 4 N–H and O–H groups in total. The third-order valence-electron chi connectivity index (χ3n) is 8.65. The van der Waals surface area contributed by atoms with E-state index in [1.54, 1.807) is 0 Å². The molecule has 0 unspecified atom stereocenters. The molecule has 0 atom stereocenters. The Hall–Kier alpha value is -4.80. The number of hydrogen-bond acceptors (Lipinski definition) is 7. The van der Waals surface area contributed by atoms with Gasteiger partial charge in [-0.3, -0.25) is 0 Å². The Morgan fingerprint density at radius 3 is 1.71 bits per heavy atom. The summed E-state index contributed by atoms with van der Waals surface area (Å²) in [6, 6.07) is 9.05. The van der Waals surface area contributed by atoms with Crippen LogP contribution in [-0.4, -0.2) is 117 Å². The number of carboxylic acids is 3. The number of halogens is 12. The fourth-order valence-electron chi connectivity index (χ4n) is 6.11. The first-order chi connectivity index (χ1) is 26.6. The SMILES string of the molecule is Cc1cc(C2CCN(C3CCN(CC(C)C)CC3)CC2)cc2[nH]c(-c3ccc(OC(F)F)c(F)c3)nc12.O=C(O)C(F)(F)F.O=C(O)C(F)(F)F.O=C(O)C(F)(F)F. The number of carbonyl (C=O) groups is 3. The van der Waals surface area contributed by atoms with Crippen molar-refractivity contribution < 1.29 is 87.1 Å². The zero-order chi connectivity index (χ0) is 44.3. The average Bonchev–Trinajstić information content (AvgIpc) is 3.54. The van der Waals surface area contributed by atoms with Crippen LogP contribution in [0.25, 0.3) is 22.4 Å². The fraction of sp³-hybridized carbons (Fsp3) is 0.543. The molecule has 23 heteroatoms. The maximum atomic E-state index is 14.3. The molecule has 2 aromatic carbocycles. The lowest BCUT2D eigenvalue weighted by Crippen LogP contribution is -2.48. The number of fused-ring (bicyclic) bond motifs is 1. The van der Waals surface area contributed by atoms with Gasteiger partial charge in [0.05, 0.1) is 11.0 Å². The van der Waals surface area contributed by atoms with Crippen LogP contribution in [-0.2, 0) is 14.4 Å². The molecule has 0 radical (unpaired) electrons. The maximum absolute atomic E-state index is 14.3. The number of benzene rings is 2. The molecule has 3 aromatic rings. The van der Waals surface area contributed by atoms with Crippen LogP contribution in [0.5, 0.6) is 5.75 Å². The Kier molecular flexibility index (Phi) is 17.7. The minimum Gasteiger partial charge on any atom is -0.475 e. The highest BCUT2D eigenvalue weighted by molar-refractivity contribution is 5.83. The van der Waals surface area contributed by atoms with E-state index in [0.29, 0.717) is 23.3 Å². The van der Waals surface area contributed by atoms with Gasteiger partial charge in [0.1, 0.15) is 5.82 Å². The first-order valence-corrected chi connectivity index (χ1v) is 17.2. The number of rotatable bonds is 7. The number of carboxylic acid groups (broad SMARTS) is 3. The van der Waals surface area contributed by atoms with E-state index in [-0.39, 0.29) is 0 Å². The highest BCUT2D eigenvalue weighted by Crippen LogP contribution is 2.34. The third kappa shape index (κ3) is 15.9. The molecule has 2 aliphatic rings. The molecule has 0 bridgehead atoms. The number of imidazole rings is 1. The highest BCUT2D eigenvalue weighted by Gasteiger charge is 2.39. The summed E-state index contributed by atoms with van der Waals surface area (Å²) in [5.41, 5.74) is 4.64. The number of aromatic amines is 1. The van der Waals surface area contributed by atoms with Crippen molar-refractivity contribution in [2.75, 3.05) is 32.7 Å². The second-order valence-corrected chi connectivity index (χ2v) is 13.5. The summed E-state index contributed by atoms with van der Waals surface area (Å²) in [7, 11) is 0. The van der Waals surface area contributed by atoms with Gasteiger partial charge in [0, 0.05) is 18.2 Å². The van der Waals surface area contributed by atoms with Crippen molar-refractivity contribution in [3.8, 4) is 17.1 Å². The van der Waals surface area contributed by atoms with E-state index in [0.717, 1.165) is 48.4 Å². The Morgan fingerprint density at radius 1 is 0.810 bits per heavy atom. The number of hydrogen-bond donors (Lipinski definition) is 4. The van der Waals surface area contributed by atoms with Crippen LogP contribution in [0.3, 0.4) is 0 Å². The monoisotopic (exact) mass is 856 g/mol. The smallest absolute Gasteiger partial charge is 0.475 e. The van der Waals surface area contributed by atoms with Gasteiger partial charge in [-0.15, -0.1) is 0 Å². The van der Waals surface area contributed by atoms with Crippen molar-refractivity contribution in [2.24, 2.45) is 5.92 Å². The first kappa shape index (κ1) is 49.3. The molecule has 11 nitrogen and oxygen atoms in total. The molecule has 326 valence electrons. The number of likely N-dealkylation sites (tertiary alicyclic amines) is 2. The summed E-state index contributed by atoms with van der Waals surface area (Å²) >= 11 is 0. The molecule has 0 aliphatic carbocycles. The zero-order valence-corrected chi connectivity index (χ0v) is 30.9. The van der Waals surface area contributed by atoms with Gasteiger partial charge in [-0.25, -0.2) is 23.8 Å². The second kappa shape index (κ2) is 20.8. The Bertz CT molecular complexity index is 1760. The van der Waals surface area contributed by atoms with Gasteiger partial charge >= 0.3 is 43.0 Å². The van der Waals surface area contributed by atoms with E-state index in [2.05, 4.69) is 57.4 Å². The Labute approximate surface area is 322 Å². The molecule has 0 amide bonds. The lowest BCUT2D eigenvalue weighted by Gasteiger charge is -2.42. The summed E-state index contributed by atoms with van der Waals surface area (Å²) in [5.74, 6) is -7.83. The van der Waals surface area contributed by atoms with E-state index in [1.165, 1.54) is 56.2 Å². The van der Waals surface area contributed by atoms with Crippen LogP contribution in [0.4, 0.5) is 52.7 Å². The van der Waals surface area contributed by atoms with Gasteiger partial charge in [-0.2, -0.15) is 48.3 Å². The van der Waals surface area contributed by atoms with Gasteiger partial charge in [0.25, 0.3) is 0 Å². The highest BCUT2D eigenvalue weighted by atomic mass is 19.4. The van der Waals surface area contributed by atoms with Gasteiger partial charge in [-0.1, -0.05) is 19.9 Å². The molecule has 2 aliphatic heterocycles. The van der Waals surface area contributed by atoms with Gasteiger partial charge < -0.3 is 34.8 Å². The molecule has 2 fully saturated rings. The van der Waals surface area contributed by atoms with Crippen LogP contribution in [0.1, 0.15) is 56.6 Å². The van der Waals surface area contributed by atoms with Crippen molar-refractivity contribution in [1.29, 1.82) is 0 Å². The number of aromatic nitrogens is 2. The Morgan fingerprint density at radius 2 is 1.29 bits per heavy atom. The minimum atomic E-state index is -5.08. The molecule has 0 spiro atoms. The van der Waals surface area contributed by atoms with Crippen LogP contribution < -0.4 is 4.74 Å². The van der Waals surface area contributed by atoms with Crippen molar-refractivity contribution in [3.63, 3.8) is 0 Å². The van der Waals surface area contributed by atoms with E-state index >= 15 is 0 Å². The zero-order valence-electron chi connectivity index (χ0n) is 30.9. The van der Waals surface area contributed by atoms with Crippen molar-refractivity contribution in [2.45, 2.75) is 83.6 Å². The summed E-state index contributed by atoms with van der Waals surface area (Å²) in [6.45, 7) is 9.49. The summed E-state index contributed by atoms with van der Waals surface area (Å²) in [5, 5.41) is 21.4. The van der Waals surface area contributed by atoms with E-state index in [1.807, 2.05) is 0 Å². The average molecular weight is 857 g/mol. The Balaban J connectivity index is 0.000000453. The molecule has 3 heterocycles. The van der Waals surface area contributed by atoms with Crippen LogP contribution in [0, 0.1) is 18.7 Å².